The van der Waals surface area contributed by atoms with E-state index < -0.39 is 5.97 Å². The van der Waals surface area contributed by atoms with Crippen molar-refractivity contribution in [3.05, 3.63) is 0 Å². The second-order valence-electron chi connectivity index (χ2n) is 5.70. The quantitative estimate of drug-likeness (QED) is 0.465. The minimum absolute atomic E-state index is 0.304. The van der Waals surface area contributed by atoms with Crippen molar-refractivity contribution in [2.75, 3.05) is 13.1 Å². The second-order valence-corrected chi connectivity index (χ2v) is 5.70. The molecule has 0 spiro atoms. The molecule has 0 fully saturated rings. The summed E-state index contributed by atoms with van der Waals surface area (Å²) in [5.41, 5.74) is 0. The van der Waals surface area contributed by atoms with E-state index in [9.17, 15) is 4.79 Å². The van der Waals surface area contributed by atoms with Gasteiger partial charge in [-0.2, -0.15) is 0 Å². The lowest BCUT2D eigenvalue weighted by Gasteiger charge is -2.10. The van der Waals surface area contributed by atoms with Crippen LogP contribution in [0.4, 0.5) is 0 Å². The lowest BCUT2D eigenvalue weighted by molar-refractivity contribution is -0.137. The predicted octanol–water partition coefficient (Wildman–Crippen LogP) is 4.22. The van der Waals surface area contributed by atoms with Gasteiger partial charge in [-0.3, -0.25) is 4.79 Å². The van der Waals surface area contributed by atoms with Gasteiger partial charge in [0.05, 0.1) is 0 Å². The van der Waals surface area contributed by atoms with Crippen LogP contribution in [-0.2, 0) is 4.79 Å². The molecule has 0 saturated carbocycles. The summed E-state index contributed by atoms with van der Waals surface area (Å²) in [6.45, 7) is 6.52. The van der Waals surface area contributed by atoms with Gasteiger partial charge in [0.25, 0.3) is 0 Å². The maximum absolute atomic E-state index is 10.4. The standard InChI is InChI=1S/C16H33NO2/c1-3-4-5-6-7-8-9-13-17-14-12-15(2)10-11-16(18)19/h15,17H,3-14H2,1-2H3,(H,18,19). The Morgan fingerprint density at radius 1 is 1.00 bits per heavy atom. The van der Waals surface area contributed by atoms with E-state index in [0.29, 0.717) is 12.3 Å². The first-order valence-corrected chi connectivity index (χ1v) is 8.09. The summed E-state index contributed by atoms with van der Waals surface area (Å²) in [5.74, 6) is -0.166. The molecule has 0 aromatic heterocycles. The van der Waals surface area contributed by atoms with Gasteiger partial charge in [0, 0.05) is 6.42 Å². The molecular formula is C16H33NO2. The van der Waals surface area contributed by atoms with Crippen LogP contribution >= 0.6 is 0 Å². The molecule has 0 aromatic carbocycles. The zero-order valence-corrected chi connectivity index (χ0v) is 12.9. The number of nitrogens with one attached hydrogen (secondary N) is 1. The van der Waals surface area contributed by atoms with Gasteiger partial charge in [0.1, 0.15) is 0 Å². The predicted molar refractivity (Wildman–Crippen MR) is 81.5 cm³/mol. The maximum atomic E-state index is 10.4. The number of carboxylic acid groups (broad SMARTS) is 1. The van der Waals surface area contributed by atoms with E-state index in [1.54, 1.807) is 0 Å². The highest BCUT2D eigenvalue weighted by Gasteiger charge is 2.04. The van der Waals surface area contributed by atoms with Crippen LogP contribution in [0.3, 0.4) is 0 Å². The van der Waals surface area contributed by atoms with E-state index in [1.807, 2.05) is 0 Å². The van der Waals surface area contributed by atoms with Gasteiger partial charge in [-0.05, 0) is 38.3 Å². The number of hydrogen-bond donors (Lipinski definition) is 2. The van der Waals surface area contributed by atoms with E-state index in [4.69, 9.17) is 5.11 Å². The molecule has 0 amide bonds. The molecule has 0 saturated heterocycles. The first-order valence-electron chi connectivity index (χ1n) is 8.09. The fraction of sp³-hybridized carbons (Fsp3) is 0.938. The van der Waals surface area contributed by atoms with Crippen LogP contribution in [0.1, 0.15) is 78.1 Å². The van der Waals surface area contributed by atoms with Crippen molar-refractivity contribution in [3.63, 3.8) is 0 Å². The van der Waals surface area contributed by atoms with Crippen molar-refractivity contribution in [2.45, 2.75) is 78.1 Å². The van der Waals surface area contributed by atoms with Crippen LogP contribution in [0.2, 0.25) is 0 Å². The molecule has 0 radical (unpaired) electrons. The molecule has 19 heavy (non-hydrogen) atoms. The second kappa shape index (κ2) is 13.9. The summed E-state index contributed by atoms with van der Waals surface area (Å²) in [5, 5.41) is 12.1. The number of carbonyl (C=O) groups is 1. The Balaban J connectivity index is 3.11. The Bertz CT molecular complexity index is 207. The summed E-state index contributed by atoms with van der Waals surface area (Å²) in [4.78, 5) is 10.4. The highest BCUT2D eigenvalue weighted by molar-refractivity contribution is 5.66. The molecule has 3 nitrogen and oxygen atoms in total. The average Bonchev–Trinajstić information content (AvgIpc) is 2.38. The number of rotatable bonds is 14. The summed E-state index contributed by atoms with van der Waals surface area (Å²) >= 11 is 0. The van der Waals surface area contributed by atoms with E-state index in [1.165, 1.54) is 44.9 Å². The van der Waals surface area contributed by atoms with Crippen LogP contribution in [0.15, 0.2) is 0 Å². The lowest BCUT2D eigenvalue weighted by Crippen LogP contribution is -2.19. The van der Waals surface area contributed by atoms with Crippen molar-refractivity contribution in [1.82, 2.24) is 5.32 Å². The summed E-state index contributed by atoms with van der Waals surface area (Å²) < 4.78 is 0. The molecule has 2 N–H and O–H groups in total. The average molecular weight is 271 g/mol. The molecular weight excluding hydrogens is 238 g/mol. The van der Waals surface area contributed by atoms with Crippen molar-refractivity contribution >= 4 is 5.97 Å². The first kappa shape index (κ1) is 18.4. The van der Waals surface area contributed by atoms with E-state index >= 15 is 0 Å². The molecule has 0 rings (SSSR count). The van der Waals surface area contributed by atoms with Crippen LogP contribution < -0.4 is 5.32 Å². The van der Waals surface area contributed by atoms with Crippen LogP contribution in [0.25, 0.3) is 0 Å². The third-order valence-corrected chi connectivity index (χ3v) is 3.62. The fourth-order valence-corrected chi connectivity index (χ4v) is 2.19. The molecule has 0 aliphatic carbocycles. The molecule has 0 heterocycles. The van der Waals surface area contributed by atoms with Crippen molar-refractivity contribution in [1.29, 1.82) is 0 Å². The highest BCUT2D eigenvalue weighted by Crippen LogP contribution is 2.09. The van der Waals surface area contributed by atoms with Gasteiger partial charge >= 0.3 is 5.97 Å². The number of hydrogen-bond acceptors (Lipinski definition) is 2. The Labute approximate surface area is 119 Å². The van der Waals surface area contributed by atoms with E-state index in [2.05, 4.69) is 19.2 Å². The Hall–Kier alpha value is -0.570. The number of carboxylic acids is 1. The third-order valence-electron chi connectivity index (χ3n) is 3.62. The van der Waals surface area contributed by atoms with Crippen LogP contribution in [-0.4, -0.2) is 24.2 Å². The highest BCUT2D eigenvalue weighted by atomic mass is 16.4. The molecule has 114 valence electrons. The summed E-state index contributed by atoms with van der Waals surface area (Å²) in [6, 6.07) is 0. The molecule has 1 atom stereocenters. The Morgan fingerprint density at radius 2 is 1.63 bits per heavy atom. The topological polar surface area (TPSA) is 49.3 Å². The largest absolute Gasteiger partial charge is 0.481 e. The van der Waals surface area contributed by atoms with Crippen LogP contribution in [0.5, 0.6) is 0 Å². The third kappa shape index (κ3) is 15.4. The maximum Gasteiger partial charge on any atom is 0.303 e. The number of unbranched alkanes of at least 4 members (excludes halogenated alkanes) is 6. The monoisotopic (exact) mass is 271 g/mol. The molecule has 1 unspecified atom stereocenters. The number of aliphatic carboxylic acids is 1. The van der Waals surface area contributed by atoms with Gasteiger partial charge in [-0.25, -0.2) is 0 Å². The van der Waals surface area contributed by atoms with Gasteiger partial charge in [0.2, 0.25) is 0 Å². The smallest absolute Gasteiger partial charge is 0.303 e. The minimum Gasteiger partial charge on any atom is -0.481 e. The van der Waals surface area contributed by atoms with Gasteiger partial charge in [-0.1, -0.05) is 52.4 Å². The Kier molecular flexibility index (Phi) is 13.4. The van der Waals surface area contributed by atoms with Crippen molar-refractivity contribution in [3.8, 4) is 0 Å². The van der Waals surface area contributed by atoms with Crippen molar-refractivity contribution < 1.29 is 9.90 Å². The zero-order valence-electron chi connectivity index (χ0n) is 12.9. The minimum atomic E-state index is -0.678. The van der Waals surface area contributed by atoms with E-state index in [-0.39, 0.29) is 0 Å². The SMILES string of the molecule is CCCCCCCCCNCCC(C)CCC(=O)O. The van der Waals surface area contributed by atoms with Gasteiger partial charge in [-0.15, -0.1) is 0 Å². The molecule has 0 bridgehead atoms. The molecule has 3 heteroatoms. The van der Waals surface area contributed by atoms with Gasteiger partial charge < -0.3 is 10.4 Å². The normalized spacial score (nSPS) is 12.5. The molecule has 0 aliphatic rings. The summed E-state index contributed by atoms with van der Waals surface area (Å²) in [6.07, 6.45) is 11.7. The summed E-state index contributed by atoms with van der Waals surface area (Å²) in [7, 11) is 0. The Morgan fingerprint density at radius 3 is 2.26 bits per heavy atom. The first-order chi connectivity index (χ1) is 9.16. The fourth-order valence-electron chi connectivity index (χ4n) is 2.19. The lowest BCUT2D eigenvalue weighted by atomic mass is 10.0. The molecule has 0 aliphatic heterocycles. The van der Waals surface area contributed by atoms with Gasteiger partial charge in [0.15, 0.2) is 0 Å². The van der Waals surface area contributed by atoms with E-state index in [0.717, 1.165) is 25.9 Å². The van der Waals surface area contributed by atoms with Crippen molar-refractivity contribution in [2.24, 2.45) is 5.92 Å². The van der Waals surface area contributed by atoms with Crippen LogP contribution in [0, 0.1) is 5.92 Å². The zero-order chi connectivity index (χ0) is 14.3. The molecule has 0 aromatic rings.